The van der Waals surface area contributed by atoms with E-state index in [0.29, 0.717) is 6.04 Å². The van der Waals surface area contributed by atoms with Crippen LogP contribution in [0.2, 0.25) is 0 Å². The number of nitrogens with zero attached hydrogens (tertiary/aromatic N) is 1. The fraction of sp³-hybridized carbons (Fsp3) is 0.615. The second-order valence-electron chi connectivity index (χ2n) is 4.85. The first-order chi connectivity index (χ1) is 7.25. The molecule has 0 bridgehead atoms. The highest BCUT2D eigenvalue weighted by Crippen LogP contribution is 2.30. The number of aromatic nitrogens is 1. The lowest BCUT2D eigenvalue weighted by Crippen LogP contribution is -2.30. The molecule has 82 valence electrons. The second kappa shape index (κ2) is 4.65. The number of hydrogen-bond donors (Lipinski definition) is 1. The summed E-state index contributed by atoms with van der Waals surface area (Å²) in [4.78, 5) is 4.12. The maximum absolute atomic E-state index is 4.12. The van der Waals surface area contributed by atoms with Gasteiger partial charge >= 0.3 is 0 Å². The molecule has 2 heteroatoms. The van der Waals surface area contributed by atoms with Gasteiger partial charge in [-0.1, -0.05) is 13.8 Å². The van der Waals surface area contributed by atoms with Crippen molar-refractivity contribution in [3.05, 3.63) is 24.5 Å². The number of hydrogen-bond acceptors (Lipinski definition) is 2. The Balaban J connectivity index is 1.91. The number of rotatable bonds is 2. The zero-order chi connectivity index (χ0) is 10.7. The summed E-state index contributed by atoms with van der Waals surface area (Å²) in [6.45, 7) is 4.73. The van der Waals surface area contributed by atoms with Gasteiger partial charge in [-0.05, 0) is 43.2 Å². The molecule has 3 unspecified atom stereocenters. The van der Waals surface area contributed by atoms with Gasteiger partial charge in [-0.15, -0.1) is 0 Å². The number of anilines is 1. The van der Waals surface area contributed by atoms with E-state index in [4.69, 9.17) is 0 Å². The predicted octanol–water partition coefficient (Wildman–Crippen LogP) is 3.32. The summed E-state index contributed by atoms with van der Waals surface area (Å²) < 4.78 is 0. The SMILES string of the molecule is CC1CCC(Nc2cccnc2)CC1C. The predicted molar refractivity (Wildman–Crippen MR) is 63.8 cm³/mol. The van der Waals surface area contributed by atoms with Crippen LogP contribution in [-0.4, -0.2) is 11.0 Å². The Hall–Kier alpha value is -1.05. The van der Waals surface area contributed by atoms with Gasteiger partial charge in [0.15, 0.2) is 0 Å². The van der Waals surface area contributed by atoms with E-state index in [9.17, 15) is 0 Å². The van der Waals surface area contributed by atoms with Crippen LogP contribution >= 0.6 is 0 Å². The summed E-state index contributed by atoms with van der Waals surface area (Å²) in [5.74, 6) is 1.73. The van der Waals surface area contributed by atoms with Crippen LogP contribution in [0.25, 0.3) is 0 Å². The molecule has 2 rings (SSSR count). The minimum absolute atomic E-state index is 0.639. The zero-order valence-corrected chi connectivity index (χ0v) is 9.61. The van der Waals surface area contributed by atoms with Crippen molar-refractivity contribution >= 4 is 5.69 Å². The first-order valence-electron chi connectivity index (χ1n) is 5.92. The van der Waals surface area contributed by atoms with E-state index in [-0.39, 0.29) is 0 Å². The molecular weight excluding hydrogens is 184 g/mol. The van der Waals surface area contributed by atoms with E-state index in [1.54, 1.807) is 0 Å². The van der Waals surface area contributed by atoms with Crippen LogP contribution in [0.1, 0.15) is 33.1 Å². The van der Waals surface area contributed by atoms with Crippen LogP contribution in [0.5, 0.6) is 0 Å². The second-order valence-corrected chi connectivity index (χ2v) is 4.85. The summed E-state index contributed by atoms with van der Waals surface area (Å²) in [5, 5.41) is 3.57. The van der Waals surface area contributed by atoms with Crippen molar-refractivity contribution in [3.63, 3.8) is 0 Å². The fourth-order valence-corrected chi connectivity index (χ4v) is 2.36. The highest BCUT2D eigenvalue weighted by atomic mass is 14.9. The summed E-state index contributed by atoms with van der Waals surface area (Å²) >= 11 is 0. The topological polar surface area (TPSA) is 24.9 Å². The standard InChI is InChI=1S/C13H20N2/c1-10-5-6-12(8-11(10)2)15-13-4-3-7-14-9-13/h3-4,7,9-12,15H,5-6,8H2,1-2H3. The van der Waals surface area contributed by atoms with Crippen LogP contribution in [0, 0.1) is 11.8 Å². The van der Waals surface area contributed by atoms with Crippen molar-refractivity contribution in [2.45, 2.75) is 39.2 Å². The minimum Gasteiger partial charge on any atom is -0.381 e. The molecule has 0 aromatic carbocycles. The molecule has 0 spiro atoms. The van der Waals surface area contributed by atoms with Crippen LogP contribution in [-0.2, 0) is 0 Å². The van der Waals surface area contributed by atoms with E-state index >= 15 is 0 Å². The third-order valence-electron chi connectivity index (χ3n) is 3.63. The molecule has 1 aliphatic carbocycles. The number of pyridine rings is 1. The van der Waals surface area contributed by atoms with Gasteiger partial charge in [0.1, 0.15) is 0 Å². The van der Waals surface area contributed by atoms with E-state index < -0.39 is 0 Å². The molecule has 1 aromatic rings. The smallest absolute Gasteiger partial charge is 0.0528 e. The molecule has 1 aliphatic rings. The van der Waals surface area contributed by atoms with Gasteiger partial charge in [0, 0.05) is 18.4 Å². The first-order valence-corrected chi connectivity index (χ1v) is 5.92. The zero-order valence-electron chi connectivity index (χ0n) is 9.61. The molecule has 1 aromatic heterocycles. The van der Waals surface area contributed by atoms with E-state index in [0.717, 1.165) is 17.5 Å². The van der Waals surface area contributed by atoms with Crippen molar-refractivity contribution in [1.82, 2.24) is 4.98 Å². The molecule has 1 fully saturated rings. The Labute approximate surface area is 92.1 Å². The third-order valence-corrected chi connectivity index (χ3v) is 3.63. The van der Waals surface area contributed by atoms with Crippen molar-refractivity contribution in [2.24, 2.45) is 11.8 Å². The van der Waals surface area contributed by atoms with Gasteiger partial charge in [0.2, 0.25) is 0 Å². The summed E-state index contributed by atoms with van der Waals surface area (Å²) in [6.07, 6.45) is 7.65. The van der Waals surface area contributed by atoms with Crippen molar-refractivity contribution in [2.75, 3.05) is 5.32 Å². The highest BCUT2D eigenvalue weighted by molar-refractivity contribution is 5.40. The Morgan fingerprint density at radius 2 is 2.13 bits per heavy atom. The lowest BCUT2D eigenvalue weighted by molar-refractivity contribution is 0.261. The monoisotopic (exact) mass is 204 g/mol. The van der Waals surface area contributed by atoms with Crippen molar-refractivity contribution < 1.29 is 0 Å². The first kappa shape index (κ1) is 10.5. The fourth-order valence-electron chi connectivity index (χ4n) is 2.36. The quantitative estimate of drug-likeness (QED) is 0.799. The summed E-state index contributed by atoms with van der Waals surface area (Å²) in [7, 11) is 0. The maximum atomic E-state index is 4.12. The number of nitrogens with one attached hydrogen (secondary N) is 1. The molecule has 1 N–H and O–H groups in total. The van der Waals surface area contributed by atoms with Crippen LogP contribution < -0.4 is 5.32 Å². The third kappa shape index (κ3) is 2.71. The van der Waals surface area contributed by atoms with Crippen molar-refractivity contribution in [1.29, 1.82) is 0 Å². The largest absolute Gasteiger partial charge is 0.381 e. The minimum atomic E-state index is 0.639. The molecule has 0 radical (unpaired) electrons. The van der Waals surface area contributed by atoms with Gasteiger partial charge in [-0.3, -0.25) is 4.98 Å². The lowest BCUT2D eigenvalue weighted by Gasteiger charge is -2.33. The van der Waals surface area contributed by atoms with E-state index in [1.807, 2.05) is 18.5 Å². The Morgan fingerprint density at radius 3 is 2.80 bits per heavy atom. The normalized spacial score (nSPS) is 31.2. The van der Waals surface area contributed by atoms with Crippen LogP contribution in [0.15, 0.2) is 24.5 Å². The molecular formula is C13H20N2. The summed E-state index contributed by atoms with van der Waals surface area (Å²) in [6, 6.07) is 4.72. The molecule has 0 saturated heterocycles. The molecule has 0 amide bonds. The van der Waals surface area contributed by atoms with Gasteiger partial charge in [-0.2, -0.15) is 0 Å². The Kier molecular flexibility index (Phi) is 3.24. The van der Waals surface area contributed by atoms with Crippen LogP contribution in [0.3, 0.4) is 0 Å². The molecule has 2 nitrogen and oxygen atoms in total. The average molecular weight is 204 g/mol. The van der Waals surface area contributed by atoms with Crippen LogP contribution in [0.4, 0.5) is 5.69 Å². The van der Waals surface area contributed by atoms with E-state index in [1.165, 1.54) is 19.3 Å². The van der Waals surface area contributed by atoms with Crippen molar-refractivity contribution in [3.8, 4) is 0 Å². The van der Waals surface area contributed by atoms with Gasteiger partial charge in [-0.25, -0.2) is 0 Å². The molecule has 15 heavy (non-hydrogen) atoms. The lowest BCUT2D eigenvalue weighted by atomic mass is 9.79. The highest BCUT2D eigenvalue weighted by Gasteiger charge is 2.24. The summed E-state index contributed by atoms with van der Waals surface area (Å²) in [5.41, 5.74) is 1.16. The molecule has 1 heterocycles. The maximum Gasteiger partial charge on any atom is 0.0528 e. The Bertz CT molecular complexity index is 297. The molecule has 3 atom stereocenters. The average Bonchev–Trinajstić information content (AvgIpc) is 2.25. The van der Waals surface area contributed by atoms with Gasteiger partial charge in [0.25, 0.3) is 0 Å². The van der Waals surface area contributed by atoms with Gasteiger partial charge in [0.05, 0.1) is 5.69 Å². The Morgan fingerprint density at radius 1 is 1.27 bits per heavy atom. The van der Waals surface area contributed by atoms with E-state index in [2.05, 4.69) is 30.2 Å². The molecule has 1 saturated carbocycles. The molecule has 0 aliphatic heterocycles. The van der Waals surface area contributed by atoms with Gasteiger partial charge < -0.3 is 5.32 Å².